The highest BCUT2D eigenvalue weighted by Gasteiger charge is 2.33. The number of rotatable bonds is 5. The Balaban J connectivity index is 1.52. The molecule has 1 aromatic heterocycles. The number of hydrogen-bond donors (Lipinski definition) is 1. The van der Waals surface area contributed by atoms with Crippen LogP contribution < -0.4 is 5.32 Å². The fourth-order valence-corrected chi connectivity index (χ4v) is 3.50. The van der Waals surface area contributed by atoms with E-state index < -0.39 is 5.79 Å². The third kappa shape index (κ3) is 4.12. The molecule has 1 N–H and O–H groups in total. The first-order valence-corrected chi connectivity index (χ1v) is 8.59. The van der Waals surface area contributed by atoms with Gasteiger partial charge in [-0.1, -0.05) is 19.8 Å². The van der Waals surface area contributed by atoms with Crippen LogP contribution in [0.25, 0.3) is 0 Å². The molecule has 1 unspecified atom stereocenters. The van der Waals surface area contributed by atoms with E-state index in [0.29, 0.717) is 24.9 Å². The van der Waals surface area contributed by atoms with E-state index in [1.807, 2.05) is 33.0 Å². The Morgan fingerprint density at radius 3 is 2.87 bits per heavy atom. The maximum absolute atomic E-state index is 12.3. The lowest BCUT2D eigenvalue weighted by Gasteiger charge is -2.17. The van der Waals surface area contributed by atoms with Crippen molar-refractivity contribution in [3.8, 4) is 0 Å². The smallest absolute Gasteiger partial charge is 0.228 e. The maximum atomic E-state index is 12.3. The van der Waals surface area contributed by atoms with Crippen LogP contribution in [0.15, 0.2) is 12.3 Å². The van der Waals surface area contributed by atoms with E-state index in [0.717, 1.165) is 12.8 Å². The minimum Gasteiger partial charge on any atom is -0.348 e. The molecule has 1 aliphatic carbocycles. The number of nitrogens with one attached hydrogen (secondary N) is 1. The topological polar surface area (TPSA) is 65.4 Å². The number of hydrogen-bond acceptors (Lipinski definition) is 4. The van der Waals surface area contributed by atoms with E-state index in [9.17, 15) is 4.79 Å². The number of carbonyl (C=O) groups is 1. The molecule has 1 saturated carbocycles. The molecule has 1 aromatic rings. The van der Waals surface area contributed by atoms with Gasteiger partial charge in [-0.2, -0.15) is 5.10 Å². The van der Waals surface area contributed by atoms with Gasteiger partial charge in [-0.15, -0.1) is 0 Å². The molecule has 2 heterocycles. The molecule has 0 radical (unpaired) electrons. The second-order valence-corrected chi connectivity index (χ2v) is 7.20. The number of ether oxygens (including phenoxy) is 2. The SMILES string of the molecule is CC(C(=O)Nc1ccn(C[C@@H]2COC(C)(C)O2)n1)C1CCCC1. The Kier molecular flexibility index (Phi) is 4.73. The van der Waals surface area contributed by atoms with Crippen molar-refractivity contribution in [3.05, 3.63) is 12.3 Å². The van der Waals surface area contributed by atoms with Gasteiger partial charge in [-0.25, -0.2) is 0 Å². The van der Waals surface area contributed by atoms with Crippen molar-refractivity contribution in [1.29, 1.82) is 0 Å². The third-order valence-electron chi connectivity index (χ3n) is 4.87. The minimum atomic E-state index is -0.522. The highest BCUT2D eigenvalue weighted by atomic mass is 16.7. The second-order valence-electron chi connectivity index (χ2n) is 7.20. The maximum Gasteiger partial charge on any atom is 0.228 e. The van der Waals surface area contributed by atoms with Crippen molar-refractivity contribution in [2.45, 2.75) is 64.9 Å². The lowest BCUT2D eigenvalue weighted by atomic mass is 9.92. The van der Waals surface area contributed by atoms with Gasteiger partial charge in [0.2, 0.25) is 5.91 Å². The molecule has 2 fully saturated rings. The van der Waals surface area contributed by atoms with Crippen LogP contribution in [0.5, 0.6) is 0 Å². The highest BCUT2D eigenvalue weighted by Crippen LogP contribution is 2.31. The van der Waals surface area contributed by atoms with Crippen LogP contribution in [-0.4, -0.2) is 34.2 Å². The first-order chi connectivity index (χ1) is 10.9. The van der Waals surface area contributed by atoms with Crippen LogP contribution in [0.1, 0.15) is 46.5 Å². The average molecular weight is 321 g/mol. The molecule has 1 amide bonds. The fourth-order valence-electron chi connectivity index (χ4n) is 3.50. The Morgan fingerprint density at radius 1 is 1.48 bits per heavy atom. The predicted molar refractivity (Wildman–Crippen MR) is 86.9 cm³/mol. The van der Waals surface area contributed by atoms with Crippen LogP contribution >= 0.6 is 0 Å². The van der Waals surface area contributed by atoms with Crippen molar-refractivity contribution < 1.29 is 14.3 Å². The molecule has 0 aromatic carbocycles. The van der Waals surface area contributed by atoms with Gasteiger partial charge in [-0.3, -0.25) is 9.48 Å². The van der Waals surface area contributed by atoms with Crippen LogP contribution in [-0.2, 0) is 20.8 Å². The summed E-state index contributed by atoms with van der Waals surface area (Å²) in [4.78, 5) is 12.3. The number of aromatic nitrogens is 2. The average Bonchev–Trinajstić information content (AvgIpc) is 3.20. The van der Waals surface area contributed by atoms with Gasteiger partial charge in [0.1, 0.15) is 6.10 Å². The number of nitrogens with zero attached hydrogens (tertiary/aromatic N) is 2. The molecular formula is C17H27N3O3. The van der Waals surface area contributed by atoms with Gasteiger partial charge in [0.25, 0.3) is 0 Å². The van der Waals surface area contributed by atoms with Gasteiger partial charge < -0.3 is 14.8 Å². The Hall–Kier alpha value is -1.40. The van der Waals surface area contributed by atoms with Crippen LogP contribution in [0.3, 0.4) is 0 Å². The first-order valence-electron chi connectivity index (χ1n) is 8.59. The minimum absolute atomic E-state index is 0.00846. The zero-order chi connectivity index (χ0) is 16.4. The van der Waals surface area contributed by atoms with Gasteiger partial charge in [0, 0.05) is 18.2 Å². The molecule has 1 aliphatic heterocycles. The molecule has 6 heteroatoms. The van der Waals surface area contributed by atoms with Crippen molar-refractivity contribution in [2.24, 2.45) is 11.8 Å². The fraction of sp³-hybridized carbons (Fsp3) is 0.765. The summed E-state index contributed by atoms with van der Waals surface area (Å²) >= 11 is 0. The first kappa shape index (κ1) is 16.5. The zero-order valence-corrected chi connectivity index (χ0v) is 14.2. The molecule has 0 bridgehead atoms. The highest BCUT2D eigenvalue weighted by molar-refractivity contribution is 5.91. The number of amides is 1. The summed E-state index contributed by atoms with van der Waals surface area (Å²) in [6, 6.07) is 1.83. The third-order valence-corrected chi connectivity index (χ3v) is 4.87. The Labute approximate surface area is 137 Å². The summed E-state index contributed by atoms with van der Waals surface area (Å²) in [6.07, 6.45) is 6.68. The number of anilines is 1. The molecule has 1 saturated heterocycles. The van der Waals surface area contributed by atoms with E-state index >= 15 is 0 Å². The van der Waals surface area contributed by atoms with E-state index in [-0.39, 0.29) is 17.9 Å². The van der Waals surface area contributed by atoms with Crippen LogP contribution in [0, 0.1) is 11.8 Å². The standard InChI is InChI=1S/C17H27N3O3/c1-12(13-6-4-5-7-13)16(21)18-15-8-9-20(19-15)10-14-11-22-17(2,3)23-14/h8-9,12-14H,4-7,10-11H2,1-3H3,(H,18,19,21)/t12?,14-/m1/s1. The molecule has 2 atom stereocenters. The quantitative estimate of drug-likeness (QED) is 0.905. The molecule has 6 nitrogen and oxygen atoms in total. The second kappa shape index (κ2) is 6.61. The van der Waals surface area contributed by atoms with Crippen LogP contribution in [0.2, 0.25) is 0 Å². The molecule has 0 spiro atoms. The van der Waals surface area contributed by atoms with Crippen LogP contribution in [0.4, 0.5) is 5.82 Å². The predicted octanol–water partition coefficient (Wildman–Crippen LogP) is 2.80. The summed E-state index contributed by atoms with van der Waals surface area (Å²) in [5.41, 5.74) is 0. The largest absolute Gasteiger partial charge is 0.348 e. The van der Waals surface area contributed by atoms with E-state index in [1.54, 1.807) is 4.68 Å². The monoisotopic (exact) mass is 321 g/mol. The lowest BCUT2D eigenvalue weighted by molar-refractivity contribution is -0.139. The summed E-state index contributed by atoms with van der Waals surface area (Å²) in [5, 5.41) is 7.36. The van der Waals surface area contributed by atoms with Crippen molar-refractivity contribution in [2.75, 3.05) is 11.9 Å². The normalized spacial score (nSPS) is 25.6. The van der Waals surface area contributed by atoms with E-state index in [1.165, 1.54) is 12.8 Å². The van der Waals surface area contributed by atoms with Crippen molar-refractivity contribution in [3.63, 3.8) is 0 Å². The molecular weight excluding hydrogens is 294 g/mol. The Morgan fingerprint density at radius 2 is 2.22 bits per heavy atom. The van der Waals surface area contributed by atoms with Crippen molar-refractivity contribution in [1.82, 2.24) is 9.78 Å². The van der Waals surface area contributed by atoms with Crippen molar-refractivity contribution >= 4 is 11.7 Å². The zero-order valence-electron chi connectivity index (χ0n) is 14.2. The molecule has 2 aliphatic rings. The summed E-state index contributed by atoms with van der Waals surface area (Å²) in [7, 11) is 0. The van der Waals surface area contributed by atoms with Gasteiger partial charge in [-0.05, 0) is 32.6 Å². The molecule has 128 valence electrons. The lowest BCUT2D eigenvalue weighted by Crippen LogP contribution is -2.26. The van der Waals surface area contributed by atoms with Gasteiger partial charge in [0.15, 0.2) is 11.6 Å². The van der Waals surface area contributed by atoms with Gasteiger partial charge >= 0.3 is 0 Å². The molecule has 3 rings (SSSR count). The summed E-state index contributed by atoms with van der Waals surface area (Å²) < 4.78 is 13.1. The number of carbonyl (C=O) groups excluding carboxylic acids is 1. The van der Waals surface area contributed by atoms with E-state index in [2.05, 4.69) is 10.4 Å². The van der Waals surface area contributed by atoms with Gasteiger partial charge in [0.05, 0.1) is 13.2 Å². The van der Waals surface area contributed by atoms with E-state index in [4.69, 9.17) is 9.47 Å². The molecule has 23 heavy (non-hydrogen) atoms. The Bertz CT molecular complexity index is 549. The summed E-state index contributed by atoms with van der Waals surface area (Å²) in [6.45, 7) is 7.02. The summed E-state index contributed by atoms with van der Waals surface area (Å²) in [5.74, 6) is 0.728.